The first-order valence-electron chi connectivity index (χ1n) is 7.16. The van der Waals surface area contributed by atoms with E-state index in [1.165, 1.54) is 6.92 Å². The number of hydrogen-bond acceptors (Lipinski definition) is 6. The van der Waals surface area contributed by atoms with E-state index in [1.54, 1.807) is 30.3 Å². The van der Waals surface area contributed by atoms with Gasteiger partial charge in [-0.2, -0.15) is 9.40 Å². The van der Waals surface area contributed by atoms with Crippen molar-refractivity contribution in [3.05, 3.63) is 47.3 Å². The molecule has 0 aliphatic carbocycles. The normalized spacial score (nSPS) is 11.5. The van der Waals surface area contributed by atoms with Crippen LogP contribution in [0.2, 0.25) is 0 Å². The van der Waals surface area contributed by atoms with Crippen LogP contribution in [0.5, 0.6) is 0 Å². The second-order valence-corrected chi connectivity index (χ2v) is 7.04. The number of methoxy groups -OCH3 is 1. The van der Waals surface area contributed by atoms with Gasteiger partial charge in [-0.15, -0.1) is 0 Å². The first-order chi connectivity index (χ1) is 11.8. The predicted octanol–water partition coefficient (Wildman–Crippen LogP) is 0.780. The van der Waals surface area contributed by atoms with Gasteiger partial charge >= 0.3 is 11.9 Å². The van der Waals surface area contributed by atoms with Gasteiger partial charge < -0.3 is 9.84 Å². The van der Waals surface area contributed by atoms with Crippen molar-refractivity contribution in [1.82, 2.24) is 14.5 Å². The molecule has 9 nitrogen and oxygen atoms in total. The largest absolute Gasteiger partial charge is 0.476 e. The van der Waals surface area contributed by atoms with Crippen LogP contribution in [0.15, 0.2) is 35.2 Å². The van der Waals surface area contributed by atoms with Crippen molar-refractivity contribution < 1.29 is 27.9 Å². The van der Waals surface area contributed by atoms with E-state index in [2.05, 4.69) is 14.9 Å². The van der Waals surface area contributed by atoms with Gasteiger partial charge in [0.25, 0.3) is 0 Å². The SMILES string of the molecule is COC(=O)CN(Cc1ccccc1)S(=O)(=O)c1c(C(=O)O)n[nH]c1C. The van der Waals surface area contributed by atoms with Crippen molar-refractivity contribution in [3.8, 4) is 0 Å². The van der Waals surface area contributed by atoms with Crippen LogP contribution in [0.1, 0.15) is 21.7 Å². The number of nitrogens with zero attached hydrogens (tertiary/aromatic N) is 2. The van der Waals surface area contributed by atoms with Gasteiger partial charge in [-0.3, -0.25) is 9.89 Å². The standard InChI is InChI=1S/C15H17N3O6S/c1-10-14(13(15(20)21)17-16-10)25(22,23)18(9-12(19)24-2)8-11-6-4-3-5-7-11/h3-7H,8-9H2,1-2H3,(H,16,17)(H,20,21). The molecule has 0 radical (unpaired) electrons. The highest BCUT2D eigenvalue weighted by Gasteiger charge is 2.34. The number of hydrogen-bond donors (Lipinski definition) is 2. The van der Waals surface area contributed by atoms with Gasteiger partial charge in [-0.1, -0.05) is 30.3 Å². The molecule has 2 aromatic rings. The summed E-state index contributed by atoms with van der Waals surface area (Å²) in [6.45, 7) is 0.713. The fraction of sp³-hybridized carbons (Fsp3) is 0.267. The molecule has 0 spiro atoms. The van der Waals surface area contributed by atoms with Crippen LogP contribution in [-0.4, -0.2) is 53.6 Å². The van der Waals surface area contributed by atoms with Crippen LogP contribution in [-0.2, 0) is 26.1 Å². The van der Waals surface area contributed by atoms with Crippen molar-refractivity contribution in [1.29, 1.82) is 0 Å². The summed E-state index contributed by atoms with van der Waals surface area (Å²) in [7, 11) is -3.17. The van der Waals surface area contributed by atoms with Gasteiger partial charge in [0.05, 0.1) is 12.8 Å². The average molecular weight is 367 g/mol. The molecule has 10 heteroatoms. The lowest BCUT2D eigenvalue weighted by molar-refractivity contribution is -0.140. The van der Waals surface area contributed by atoms with Crippen molar-refractivity contribution in [3.63, 3.8) is 0 Å². The van der Waals surface area contributed by atoms with E-state index in [1.807, 2.05) is 0 Å². The zero-order valence-electron chi connectivity index (χ0n) is 13.6. The Morgan fingerprint density at radius 3 is 2.48 bits per heavy atom. The van der Waals surface area contributed by atoms with Gasteiger partial charge in [-0.25, -0.2) is 13.2 Å². The minimum Gasteiger partial charge on any atom is -0.476 e. The van der Waals surface area contributed by atoms with Crippen molar-refractivity contribution in [2.24, 2.45) is 0 Å². The lowest BCUT2D eigenvalue weighted by atomic mass is 10.2. The number of carboxylic acid groups (broad SMARTS) is 1. The summed E-state index contributed by atoms with van der Waals surface area (Å²) >= 11 is 0. The number of rotatable bonds is 7. The molecule has 25 heavy (non-hydrogen) atoms. The van der Waals surface area contributed by atoms with Crippen LogP contribution < -0.4 is 0 Å². The van der Waals surface area contributed by atoms with E-state index < -0.39 is 39.1 Å². The second kappa shape index (κ2) is 7.45. The third-order valence-corrected chi connectivity index (χ3v) is 5.38. The lowest BCUT2D eigenvalue weighted by Gasteiger charge is -2.21. The number of carbonyl (C=O) groups excluding carboxylic acids is 1. The number of benzene rings is 1. The van der Waals surface area contributed by atoms with Gasteiger partial charge in [0.15, 0.2) is 5.69 Å². The number of ether oxygens (including phenoxy) is 1. The molecule has 0 fully saturated rings. The highest BCUT2D eigenvalue weighted by molar-refractivity contribution is 7.89. The maximum Gasteiger partial charge on any atom is 0.357 e. The summed E-state index contributed by atoms with van der Waals surface area (Å²) in [5.74, 6) is -2.25. The number of nitrogens with one attached hydrogen (secondary N) is 1. The highest BCUT2D eigenvalue weighted by atomic mass is 32.2. The van der Waals surface area contributed by atoms with Crippen molar-refractivity contribution >= 4 is 22.0 Å². The number of aromatic amines is 1. The van der Waals surface area contributed by atoms with E-state index in [0.29, 0.717) is 5.56 Å². The fourth-order valence-corrected chi connectivity index (χ4v) is 3.89. The van der Waals surface area contributed by atoms with E-state index >= 15 is 0 Å². The first-order valence-corrected chi connectivity index (χ1v) is 8.60. The number of sulfonamides is 1. The number of esters is 1. The van der Waals surface area contributed by atoms with Crippen LogP contribution in [0.25, 0.3) is 0 Å². The van der Waals surface area contributed by atoms with Crippen molar-refractivity contribution in [2.75, 3.05) is 13.7 Å². The monoisotopic (exact) mass is 367 g/mol. The fourth-order valence-electron chi connectivity index (χ4n) is 2.23. The molecule has 0 unspecified atom stereocenters. The quantitative estimate of drug-likeness (QED) is 0.692. The Bertz CT molecular complexity index is 876. The van der Waals surface area contributed by atoms with Crippen LogP contribution >= 0.6 is 0 Å². The molecule has 0 saturated carbocycles. The molecule has 0 atom stereocenters. The van der Waals surface area contributed by atoms with Crippen LogP contribution in [0.4, 0.5) is 0 Å². The molecule has 0 amide bonds. The molecule has 0 aliphatic heterocycles. The Hall–Kier alpha value is -2.72. The van der Waals surface area contributed by atoms with Crippen molar-refractivity contribution in [2.45, 2.75) is 18.4 Å². The molecular formula is C15H17N3O6S. The average Bonchev–Trinajstić information content (AvgIpc) is 2.97. The van der Waals surface area contributed by atoms with Gasteiger partial charge in [0.1, 0.15) is 11.4 Å². The molecule has 134 valence electrons. The maximum atomic E-state index is 13.0. The molecule has 1 heterocycles. The van der Waals surface area contributed by atoms with Gasteiger partial charge in [0.2, 0.25) is 10.0 Å². The topological polar surface area (TPSA) is 130 Å². The van der Waals surface area contributed by atoms with Gasteiger partial charge in [-0.05, 0) is 12.5 Å². The summed E-state index contributed by atoms with van der Waals surface area (Å²) in [5, 5.41) is 15.1. The molecule has 0 bridgehead atoms. The third-order valence-electron chi connectivity index (χ3n) is 3.43. The summed E-state index contributed by atoms with van der Waals surface area (Å²) in [4.78, 5) is 22.5. The molecular weight excluding hydrogens is 350 g/mol. The first kappa shape index (κ1) is 18.6. The minimum absolute atomic E-state index is 0.0697. The zero-order chi connectivity index (χ0) is 18.6. The number of aryl methyl sites for hydroxylation is 1. The number of H-pyrrole nitrogens is 1. The Kier molecular flexibility index (Phi) is 5.55. The number of carbonyl (C=O) groups is 2. The summed E-state index contributed by atoms with van der Waals surface area (Å²) in [6.07, 6.45) is 0. The molecule has 2 rings (SSSR count). The number of aromatic carboxylic acids is 1. The van der Waals surface area contributed by atoms with E-state index in [-0.39, 0.29) is 12.2 Å². The Morgan fingerprint density at radius 1 is 1.28 bits per heavy atom. The summed E-state index contributed by atoms with van der Waals surface area (Å²) in [5.41, 5.74) is 0.0776. The molecule has 2 N–H and O–H groups in total. The Balaban J connectivity index is 2.50. The van der Waals surface area contributed by atoms with E-state index in [4.69, 9.17) is 0 Å². The molecule has 0 aliphatic rings. The molecule has 1 aromatic heterocycles. The maximum absolute atomic E-state index is 13.0. The molecule has 0 saturated heterocycles. The van der Waals surface area contributed by atoms with E-state index in [9.17, 15) is 23.1 Å². The second-order valence-electron chi connectivity index (χ2n) is 5.17. The van der Waals surface area contributed by atoms with Crippen LogP contribution in [0.3, 0.4) is 0 Å². The molecule has 1 aromatic carbocycles. The number of aromatic nitrogens is 2. The predicted molar refractivity (Wildman–Crippen MR) is 86.3 cm³/mol. The zero-order valence-corrected chi connectivity index (χ0v) is 14.4. The Labute approximate surface area is 144 Å². The third kappa shape index (κ3) is 4.03. The van der Waals surface area contributed by atoms with Gasteiger partial charge in [0, 0.05) is 6.54 Å². The Morgan fingerprint density at radius 2 is 1.92 bits per heavy atom. The highest BCUT2D eigenvalue weighted by Crippen LogP contribution is 2.24. The minimum atomic E-state index is -4.31. The number of carboxylic acids is 1. The lowest BCUT2D eigenvalue weighted by Crippen LogP contribution is -2.36. The smallest absolute Gasteiger partial charge is 0.357 e. The summed E-state index contributed by atoms with van der Waals surface area (Å²) in [6, 6.07) is 8.61. The summed E-state index contributed by atoms with van der Waals surface area (Å²) < 4.78 is 31.4. The van der Waals surface area contributed by atoms with Crippen LogP contribution in [0, 0.1) is 6.92 Å². The van der Waals surface area contributed by atoms with E-state index in [0.717, 1.165) is 11.4 Å².